The van der Waals surface area contributed by atoms with Crippen LogP contribution in [0.2, 0.25) is 0 Å². The molecule has 1 amide bonds. The van der Waals surface area contributed by atoms with E-state index in [2.05, 4.69) is 21.1 Å². The average molecular weight is 557 g/mol. The fraction of sp³-hybridized carbons (Fsp3) is 0.111. The summed E-state index contributed by atoms with van der Waals surface area (Å²) in [5.74, 6) is -1.56. The normalized spacial score (nSPS) is 13.1. The van der Waals surface area contributed by atoms with Gasteiger partial charge in [0.2, 0.25) is 5.43 Å². The summed E-state index contributed by atoms with van der Waals surface area (Å²) in [6, 6.07) is 13.6. The number of nitrogens with zero attached hydrogens (tertiary/aromatic N) is 5. The highest BCUT2D eigenvalue weighted by Crippen LogP contribution is 2.37. The summed E-state index contributed by atoms with van der Waals surface area (Å²) in [5.41, 5.74) is 5.25. The number of non-ortho nitro benzene ring substituents is 2. The molecule has 1 fully saturated rings. The van der Waals surface area contributed by atoms with Gasteiger partial charge >= 0.3 is 0 Å². The highest BCUT2D eigenvalue weighted by Gasteiger charge is 2.27. The predicted octanol–water partition coefficient (Wildman–Crippen LogP) is 4.50. The SMILES string of the molecule is O=C(N/N=C/c1ccc([N+](=O)[O-])cc1)c1cn(C2CC2)c2cc(N/N=C/c3ccc([N+](=O)[O-])cc3)c(F)cc2c1=O. The monoisotopic (exact) mass is 557 g/mol. The van der Waals surface area contributed by atoms with Gasteiger partial charge in [0.25, 0.3) is 17.3 Å². The Morgan fingerprint density at radius 1 is 0.927 bits per heavy atom. The third kappa shape index (κ3) is 5.95. The van der Waals surface area contributed by atoms with E-state index in [0.29, 0.717) is 16.6 Å². The molecule has 0 spiro atoms. The molecule has 1 aromatic heterocycles. The number of nitro groups is 2. The van der Waals surface area contributed by atoms with E-state index in [1.54, 1.807) is 4.57 Å². The zero-order chi connectivity index (χ0) is 29.1. The Kier molecular flexibility index (Phi) is 7.28. The van der Waals surface area contributed by atoms with Crippen molar-refractivity contribution in [3.8, 4) is 0 Å². The molecule has 206 valence electrons. The molecule has 41 heavy (non-hydrogen) atoms. The van der Waals surface area contributed by atoms with Gasteiger partial charge in [0.05, 0.1) is 33.5 Å². The number of pyridine rings is 1. The minimum absolute atomic E-state index is 0.00522. The second-order valence-electron chi connectivity index (χ2n) is 9.13. The fourth-order valence-electron chi connectivity index (χ4n) is 4.04. The summed E-state index contributed by atoms with van der Waals surface area (Å²) in [5, 5.41) is 29.4. The van der Waals surface area contributed by atoms with Crippen molar-refractivity contribution in [1.82, 2.24) is 9.99 Å². The Morgan fingerprint density at radius 2 is 1.49 bits per heavy atom. The number of nitrogens with one attached hydrogen (secondary N) is 2. The first kappa shape index (κ1) is 26.8. The van der Waals surface area contributed by atoms with Crippen LogP contribution in [-0.2, 0) is 0 Å². The first-order valence-corrected chi connectivity index (χ1v) is 12.2. The number of benzene rings is 3. The molecule has 3 aromatic carbocycles. The number of hydrogen-bond acceptors (Lipinski definition) is 9. The molecule has 1 aliphatic rings. The third-order valence-electron chi connectivity index (χ3n) is 6.29. The van der Waals surface area contributed by atoms with Gasteiger partial charge in [-0.05, 0) is 60.4 Å². The van der Waals surface area contributed by atoms with Crippen molar-refractivity contribution in [3.63, 3.8) is 0 Å². The van der Waals surface area contributed by atoms with Crippen LogP contribution < -0.4 is 16.3 Å². The lowest BCUT2D eigenvalue weighted by atomic mass is 10.1. The summed E-state index contributed by atoms with van der Waals surface area (Å²) >= 11 is 0. The van der Waals surface area contributed by atoms with Gasteiger partial charge < -0.3 is 4.57 Å². The van der Waals surface area contributed by atoms with Gasteiger partial charge in [-0.2, -0.15) is 10.2 Å². The smallest absolute Gasteiger partial charge is 0.276 e. The first-order chi connectivity index (χ1) is 19.7. The van der Waals surface area contributed by atoms with E-state index in [0.717, 1.165) is 18.9 Å². The standard InChI is InChI=1S/C27H20FN7O6/c28-23-11-21-25(12-24(23)31-29-13-16-1-5-19(6-2-16)34(38)39)33(18-9-10-18)15-22(26(21)36)27(37)32-30-14-17-3-7-20(8-4-17)35(40)41/h1-8,11-15,18,31H,9-10H2,(H,32,37)/b29-13+,30-14+. The Labute approximate surface area is 229 Å². The molecule has 1 saturated carbocycles. The van der Waals surface area contributed by atoms with Gasteiger partial charge in [-0.15, -0.1) is 0 Å². The molecule has 14 heteroatoms. The number of amides is 1. The number of anilines is 1. The molecule has 0 radical (unpaired) electrons. The van der Waals surface area contributed by atoms with E-state index in [1.807, 2.05) is 0 Å². The Morgan fingerprint density at radius 3 is 2.02 bits per heavy atom. The number of hydrazone groups is 2. The topological polar surface area (TPSA) is 174 Å². The molecular formula is C27H20FN7O6. The maximum absolute atomic E-state index is 15.0. The largest absolute Gasteiger partial charge is 0.343 e. The van der Waals surface area contributed by atoms with Crippen LogP contribution in [0.25, 0.3) is 10.9 Å². The van der Waals surface area contributed by atoms with Crippen LogP contribution in [0, 0.1) is 26.0 Å². The number of aromatic nitrogens is 1. The fourth-order valence-corrected chi connectivity index (χ4v) is 4.04. The maximum atomic E-state index is 15.0. The van der Waals surface area contributed by atoms with Crippen LogP contribution >= 0.6 is 0 Å². The number of rotatable bonds is 9. The quantitative estimate of drug-likeness (QED) is 0.173. The Bertz CT molecular complexity index is 1800. The molecule has 2 N–H and O–H groups in total. The lowest BCUT2D eigenvalue weighted by Crippen LogP contribution is -2.27. The summed E-state index contributed by atoms with van der Waals surface area (Å²) in [7, 11) is 0. The molecule has 0 bridgehead atoms. The van der Waals surface area contributed by atoms with Crippen molar-refractivity contribution in [1.29, 1.82) is 0 Å². The van der Waals surface area contributed by atoms with E-state index in [9.17, 15) is 34.2 Å². The third-order valence-corrected chi connectivity index (χ3v) is 6.29. The zero-order valence-corrected chi connectivity index (χ0v) is 21.1. The van der Waals surface area contributed by atoms with Crippen molar-refractivity contribution < 1.29 is 19.0 Å². The van der Waals surface area contributed by atoms with E-state index in [1.165, 1.54) is 73.2 Å². The molecule has 1 aliphatic carbocycles. The van der Waals surface area contributed by atoms with Crippen LogP contribution in [0.3, 0.4) is 0 Å². The minimum atomic E-state index is -0.792. The number of fused-ring (bicyclic) bond motifs is 1. The molecule has 0 aliphatic heterocycles. The summed E-state index contributed by atoms with van der Waals surface area (Å²) in [6.45, 7) is 0. The van der Waals surface area contributed by atoms with Crippen molar-refractivity contribution >= 4 is 46.3 Å². The summed E-state index contributed by atoms with van der Waals surface area (Å²) < 4.78 is 16.7. The van der Waals surface area contributed by atoms with Gasteiger partial charge in [-0.3, -0.25) is 35.2 Å². The molecule has 0 saturated heterocycles. The van der Waals surface area contributed by atoms with E-state index < -0.39 is 27.0 Å². The number of carbonyl (C=O) groups is 1. The summed E-state index contributed by atoms with van der Waals surface area (Å²) in [4.78, 5) is 46.5. The second kappa shape index (κ2) is 11.1. The minimum Gasteiger partial charge on any atom is -0.343 e. The molecule has 0 unspecified atom stereocenters. The second-order valence-corrected chi connectivity index (χ2v) is 9.13. The van der Waals surface area contributed by atoms with Crippen molar-refractivity contribution in [2.24, 2.45) is 10.2 Å². The highest BCUT2D eigenvalue weighted by atomic mass is 19.1. The van der Waals surface area contributed by atoms with Gasteiger partial charge in [0, 0.05) is 41.9 Å². The van der Waals surface area contributed by atoms with Crippen molar-refractivity contribution in [2.45, 2.75) is 18.9 Å². The average Bonchev–Trinajstić information content (AvgIpc) is 3.80. The van der Waals surface area contributed by atoms with Gasteiger partial charge in [0.1, 0.15) is 11.4 Å². The van der Waals surface area contributed by atoms with Gasteiger partial charge in [-0.1, -0.05) is 0 Å². The molecule has 1 heterocycles. The van der Waals surface area contributed by atoms with Gasteiger partial charge in [0.15, 0.2) is 0 Å². The van der Waals surface area contributed by atoms with Gasteiger partial charge in [-0.25, -0.2) is 9.82 Å². The zero-order valence-electron chi connectivity index (χ0n) is 21.1. The van der Waals surface area contributed by atoms with Crippen LogP contribution in [0.15, 0.2) is 81.9 Å². The van der Waals surface area contributed by atoms with Crippen LogP contribution in [0.1, 0.15) is 40.4 Å². The molecular weight excluding hydrogens is 537 g/mol. The number of nitro benzene ring substituents is 2. The maximum Gasteiger partial charge on any atom is 0.276 e. The number of hydrogen-bond donors (Lipinski definition) is 2. The summed E-state index contributed by atoms with van der Waals surface area (Å²) in [6.07, 6.45) is 5.69. The highest BCUT2D eigenvalue weighted by molar-refractivity contribution is 5.98. The first-order valence-electron chi connectivity index (χ1n) is 12.2. The van der Waals surface area contributed by atoms with E-state index >= 15 is 0 Å². The number of carbonyl (C=O) groups excluding carboxylic acids is 1. The van der Waals surface area contributed by atoms with Crippen molar-refractivity contribution in [2.75, 3.05) is 5.43 Å². The number of halogens is 1. The Balaban J connectivity index is 1.38. The molecule has 5 rings (SSSR count). The van der Waals surface area contributed by atoms with E-state index in [-0.39, 0.29) is 34.1 Å². The lowest BCUT2D eigenvalue weighted by Gasteiger charge is -2.14. The van der Waals surface area contributed by atoms with Crippen LogP contribution in [-0.4, -0.2) is 32.8 Å². The van der Waals surface area contributed by atoms with Crippen LogP contribution in [0.4, 0.5) is 21.5 Å². The molecule has 0 atom stereocenters. The molecule has 13 nitrogen and oxygen atoms in total. The Hall–Kier alpha value is -5.79. The lowest BCUT2D eigenvalue weighted by molar-refractivity contribution is -0.385. The van der Waals surface area contributed by atoms with E-state index in [4.69, 9.17) is 0 Å². The predicted molar refractivity (Wildman–Crippen MR) is 149 cm³/mol. The molecule has 4 aromatic rings. The van der Waals surface area contributed by atoms with Crippen molar-refractivity contribution in [3.05, 3.63) is 120 Å². The van der Waals surface area contributed by atoms with Crippen LogP contribution in [0.5, 0.6) is 0 Å².